The smallest absolute Gasteiger partial charge is 0.338 e. The van der Waals surface area contributed by atoms with E-state index in [2.05, 4.69) is 15.2 Å². The molecule has 3 aliphatic heterocycles. The zero-order valence-corrected chi connectivity index (χ0v) is 21.3. The summed E-state index contributed by atoms with van der Waals surface area (Å²) in [5, 5.41) is 5.47. The molecule has 1 unspecified atom stereocenters. The Balaban J connectivity index is 1.51. The largest absolute Gasteiger partial charge is 0.460 e. The van der Waals surface area contributed by atoms with Crippen LogP contribution in [0.25, 0.3) is 0 Å². The van der Waals surface area contributed by atoms with E-state index in [1.807, 2.05) is 10.3 Å². The van der Waals surface area contributed by atoms with Gasteiger partial charge in [0.2, 0.25) is 5.91 Å². The number of halogens is 1. The third kappa shape index (κ3) is 6.33. The van der Waals surface area contributed by atoms with Crippen LogP contribution < -0.4 is 5.32 Å². The summed E-state index contributed by atoms with van der Waals surface area (Å²) in [7, 11) is 1.52. The van der Waals surface area contributed by atoms with Crippen LogP contribution in [-0.4, -0.2) is 86.6 Å². The number of allylic oxidation sites excluding steroid dienone is 1. The SMILES string of the molecule is COCCOC(=O)C1=C(C)N=C2SC=C(CC(=O)NCCN3CCOCC3)N2C1c1cccc(F)c1. The molecule has 11 heteroatoms. The van der Waals surface area contributed by atoms with Crippen molar-refractivity contribution in [1.82, 2.24) is 15.1 Å². The number of aliphatic imine (C=N–C) groups is 1. The standard InChI is InChI=1S/C25H31FN4O5S/c1-17-22(24(32)35-13-12-33-2)23(18-4-3-5-19(26)14-18)30-20(16-36-25(30)28-17)15-21(31)27-6-7-29-8-10-34-11-9-29/h3-5,14,16,23H,6-13,15H2,1-2H3,(H,27,31). The Hall–Kier alpha value is -2.73. The Bertz CT molecular complexity index is 1070. The van der Waals surface area contributed by atoms with Crippen LogP contribution >= 0.6 is 11.8 Å². The van der Waals surface area contributed by atoms with Gasteiger partial charge in [0.15, 0.2) is 5.17 Å². The first-order valence-electron chi connectivity index (χ1n) is 11.9. The molecule has 1 atom stereocenters. The number of morpholine rings is 1. The van der Waals surface area contributed by atoms with Crippen LogP contribution in [0, 0.1) is 5.82 Å². The summed E-state index contributed by atoms with van der Waals surface area (Å²) in [6, 6.07) is 5.43. The molecule has 4 rings (SSSR count). The number of nitrogens with zero attached hydrogens (tertiary/aromatic N) is 3. The lowest BCUT2D eigenvalue weighted by molar-refractivity contribution is -0.141. The van der Waals surface area contributed by atoms with Crippen molar-refractivity contribution in [2.24, 2.45) is 4.99 Å². The van der Waals surface area contributed by atoms with Crippen molar-refractivity contribution < 1.29 is 28.2 Å². The van der Waals surface area contributed by atoms with Crippen molar-refractivity contribution in [1.29, 1.82) is 0 Å². The second kappa shape index (κ2) is 12.5. The van der Waals surface area contributed by atoms with E-state index >= 15 is 0 Å². The molecular weight excluding hydrogens is 487 g/mol. The van der Waals surface area contributed by atoms with Gasteiger partial charge in [-0.15, -0.1) is 0 Å². The molecule has 1 fully saturated rings. The lowest BCUT2D eigenvalue weighted by Crippen LogP contribution is -2.42. The molecule has 194 valence electrons. The molecule has 1 aromatic rings. The number of benzene rings is 1. The molecule has 36 heavy (non-hydrogen) atoms. The Kier molecular flexibility index (Phi) is 9.13. The van der Waals surface area contributed by atoms with E-state index in [-0.39, 0.29) is 25.5 Å². The second-order valence-corrected chi connectivity index (χ2v) is 9.39. The minimum atomic E-state index is -0.675. The van der Waals surface area contributed by atoms with Crippen LogP contribution in [0.2, 0.25) is 0 Å². The Morgan fingerprint density at radius 3 is 2.83 bits per heavy atom. The van der Waals surface area contributed by atoms with Gasteiger partial charge >= 0.3 is 5.97 Å². The van der Waals surface area contributed by atoms with Crippen molar-refractivity contribution in [2.45, 2.75) is 19.4 Å². The van der Waals surface area contributed by atoms with Gasteiger partial charge in [0.25, 0.3) is 0 Å². The van der Waals surface area contributed by atoms with Crippen molar-refractivity contribution in [3.8, 4) is 0 Å². The summed E-state index contributed by atoms with van der Waals surface area (Å²) in [6.45, 7) is 6.49. The summed E-state index contributed by atoms with van der Waals surface area (Å²) < 4.78 is 30.0. The second-order valence-electron chi connectivity index (χ2n) is 8.56. The number of amides is 1. The molecule has 0 radical (unpaired) electrons. The van der Waals surface area contributed by atoms with E-state index in [4.69, 9.17) is 14.2 Å². The van der Waals surface area contributed by atoms with Crippen LogP contribution in [-0.2, 0) is 23.8 Å². The number of methoxy groups -OCH3 is 1. The number of hydrogen-bond donors (Lipinski definition) is 1. The molecule has 9 nitrogen and oxygen atoms in total. The molecule has 0 bridgehead atoms. The van der Waals surface area contributed by atoms with Crippen molar-refractivity contribution in [2.75, 3.05) is 59.7 Å². The highest BCUT2D eigenvalue weighted by molar-refractivity contribution is 8.16. The first-order chi connectivity index (χ1) is 17.5. The van der Waals surface area contributed by atoms with E-state index in [9.17, 15) is 14.0 Å². The number of fused-ring (bicyclic) bond motifs is 1. The van der Waals surface area contributed by atoms with Gasteiger partial charge in [-0.3, -0.25) is 9.69 Å². The molecule has 1 aromatic carbocycles. The average molecular weight is 519 g/mol. The topological polar surface area (TPSA) is 92.7 Å². The van der Waals surface area contributed by atoms with Crippen molar-refractivity contribution in [3.63, 3.8) is 0 Å². The monoisotopic (exact) mass is 518 g/mol. The highest BCUT2D eigenvalue weighted by atomic mass is 32.2. The number of esters is 1. The predicted octanol–water partition coefficient (Wildman–Crippen LogP) is 2.43. The number of carbonyl (C=O) groups is 2. The zero-order chi connectivity index (χ0) is 25.5. The fourth-order valence-electron chi connectivity index (χ4n) is 4.32. The lowest BCUT2D eigenvalue weighted by atomic mass is 9.93. The first-order valence-corrected chi connectivity index (χ1v) is 12.8. The van der Waals surface area contributed by atoms with Gasteiger partial charge in [-0.1, -0.05) is 23.9 Å². The highest BCUT2D eigenvalue weighted by Crippen LogP contribution is 2.44. The summed E-state index contributed by atoms with van der Waals surface area (Å²) in [5.74, 6) is -1.10. The molecule has 3 aliphatic rings. The molecule has 1 N–H and O–H groups in total. The molecule has 3 heterocycles. The van der Waals surface area contributed by atoms with E-state index in [0.717, 1.165) is 19.6 Å². The average Bonchev–Trinajstić information content (AvgIpc) is 3.25. The molecule has 1 saturated heterocycles. The van der Waals surface area contributed by atoms with Gasteiger partial charge in [0.1, 0.15) is 12.4 Å². The van der Waals surface area contributed by atoms with Crippen LogP contribution in [0.4, 0.5) is 4.39 Å². The summed E-state index contributed by atoms with van der Waals surface area (Å²) in [5.41, 5.74) is 2.06. The van der Waals surface area contributed by atoms with Crippen molar-refractivity contribution in [3.05, 3.63) is 58.0 Å². The Morgan fingerprint density at radius 1 is 1.28 bits per heavy atom. The zero-order valence-electron chi connectivity index (χ0n) is 20.5. The number of hydrogen-bond acceptors (Lipinski definition) is 9. The van der Waals surface area contributed by atoms with Gasteiger partial charge in [0, 0.05) is 39.0 Å². The predicted molar refractivity (Wildman–Crippen MR) is 135 cm³/mol. The number of ether oxygens (including phenoxy) is 3. The number of amidine groups is 1. The third-order valence-corrected chi connectivity index (χ3v) is 6.99. The minimum absolute atomic E-state index is 0.0849. The van der Waals surface area contributed by atoms with Gasteiger partial charge < -0.3 is 24.4 Å². The molecule has 0 spiro atoms. The highest BCUT2D eigenvalue weighted by Gasteiger charge is 2.41. The van der Waals surface area contributed by atoms with Gasteiger partial charge in [-0.2, -0.15) is 0 Å². The maximum Gasteiger partial charge on any atom is 0.338 e. The molecule has 1 amide bonds. The minimum Gasteiger partial charge on any atom is -0.460 e. The van der Waals surface area contributed by atoms with Crippen molar-refractivity contribution >= 4 is 28.8 Å². The fourth-order valence-corrected chi connectivity index (χ4v) is 5.29. The van der Waals surface area contributed by atoms with E-state index in [0.29, 0.717) is 47.5 Å². The van der Waals surface area contributed by atoms with Crippen LogP contribution in [0.1, 0.15) is 24.9 Å². The third-order valence-electron chi connectivity index (χ3n) is 6.10. The summed E-state index contributed by atoms with van der Waals surface area (Å²) >= 11 is 1.38. The van der Waals surface area contributed by atoms with Crippen LogP contribution in [0.5, 0.6) is 0 Å². The number of carbonyl (C=O) groups excluding carboxylic acids is 2. The van der Waals surface area contributed by atoms with E-state index in [1.54, 1.807) is 19.1 Å². The summed E-state index contributed by atoms with van der Waals surface area (Å²) in [4.78, 5) is 34.6. The number of thioether (sulfide) groups is 1. The molecular formula is C25H31FN4O5S. The maximum atomic E-state index is 14.2. The van der Waals surface area contributed by atoms with Crippen LogP contribution in [0.15, 0.2) is 51.6 Å². The van der Waals surface area contributed by atoms with Gasteiger partial charge in [0.05, 0.1) is 43.6 Å². The fraction of sp³-hybridized carbons (Fsp3) is 0.480. The Morgan fingerprint density at radius 2 is 2.08 bits per heavy atom. The Labute approximate surface area is 214 Å². The lowest BCUT2D eigenvalue weighted by Gasteiger charge is -2.36. The maximum absolute atomic E-state index is 14.2. The molecule has 0 aliphatic carbocycles. The van der Waals surface area contributed by atoms with Gasteiger partial charge in [-0.05, 0) is 30.0 Å². The van der Waals surface area contributed by atoms with Gasteiger partial charge in [-0.25, -0.2) is 14.2 Å². The first kappa shape index (κ1) is 26.3. The van der Waals surface area contributed by atoms with E-state index < -0.39 is 17.8 Å². The van der Waals surface area contributed by atoms with E-state index in [1.165, 1.54) is 31.0 Å². The molecule has 0 saturated carbocycles. The number of nitrogens with one attached hydrogen (secondary N) is 1. The number of rotatable bonds is 10. The van der Waals surface area contributed by atoms with Crippen LogP contribution in [0.3, 0.4) is 0 Å². The summed E-state index contributed by atoms with van der Waals surface area (Å²) in [6.07, 6.45) is 0.103. The quantitative estimate of drug-likeness (QED) is 0.373. The normalized spacial score (nSPS) is 20.1. The molecule has 0 aromatic heterocycles.